The molecule has 0 aromatic carbocycles. The summed E-state index contributed by atoms with van der Waals surface area (Å²) in [7, 11) is 0. The SMILES string of the molecule is CCC(CC)CC(C)COC=O. The van der Waals surface area contributed by atoms with Crippen molar-refractivity contribution in [2.45, 2.75) is 40.0 Å². The van der Waals surface area contributed by atoms with Crippen LogP contribution < -0.4 is 0 Å². The lowest BCUT2D eigenvalue weighted by Crippen LogP contribution is -2.10. The first kappa shape index (κ1) is 11.5. The van der Waals surface area contributed by atoms with Crippen LogP contribution in [0.2, 0.25) is 0 Å². The molecule has 0 aliphatic heterocycles. The maximum atomic E-state index is 9.91. The van der Waals surface area contributed by atoms with E-state index in [0.717, 1.165) is 5.92 Å². The average Bonchev–Trinajstić information content (AvgIpc) is 2.10. The first-order valence-corrected chi connectivity index (χ1v) is 4.79. The molecule has 2 nitrogen and oxygen atoms in total. The highest BCUT2D eigenvalue weighted by Gasteiger charge is 2.09. The van der Waals surface area contributed by atoms with Gasteiger partial charge in [-0.25, -0.2) is 0 Å². The molecule has 2 heteroatoms. The van der Waals surface area contributed by atoms with Gasteiger partial charge < -0.3 is 4.74 Å². The Balaban J connectivity index is 3.50. The highest BCUT2D eigenvalue weighted by molar-refractivity contribution is 5.36. The summed E-state index contributed by atoms with van der Waals surface area (Å²) in [5.74, 6) is 1.29. The number of rotatable bonds is 7. The smallest absolute Gasteiger partial charge is 0.293 e. The molecule has 0 rings (SSSR count). The topological polar surface area (TPSA) is 26.3 Å². The van der Waals surface area contributed by atoms with Crippen LogP contribution in [0, 0.1) is 11.8 Å². The largest absolute Gasteiger partial charge is 0.468 e. The zero-order chi connectivity index (χ0) is 9.40. The molecule has 0 amide bonds. The van der Waals surface area contributed by atoms with E-state index < -0.39 is 0 Å². The Labute approximate surface area is 75.3 Å². The Morgan fingerprint density at radius 1 is 1.33 bits per heavy atom. The molecular weight excluding hydrogens is 152 g/mol. The molecule has 0 bridgehead atoms. The monoisotopic (exact) mass is 172 g/mol. The van der Waals surface area contributed by atoms with Crippen LogP contribution in [0.5, 0.6) is 0 Å². The minimum atomic E-state index is 0.500. The molecule has 0 aromatic heterocycles. The first-order chi connectivity index (χ1) is 5.74. The van der Waals surface area contributed by atoms with Crippen molar-refractivity contribution in [2.24, 2.45) is 11.8 Å². The molecule has 72 valence electrons. The van der Waals surface area contributed by atoms with E-state index in [1.54, 1.807) is 0 Å². The summed E-state index contributed by atoms with van der Waals surface area (Å²) in [6, 6.07) is 0. The van der Waals surface area contributed by atoms with Crippen molar-refractivity contribution < 1.29 is 9.53 Å². The first-order valence-electron chi connectivity index (χ1n) is 4.79. The lowest BCUT2D eigenvalue weighted by Gasteiger charge is -2.16. The van der Waals surface area contributed by atoms with E-state index in [1.165, 1.54) is 19.3 Å². The van der Waals surface area contributed by atoms with Gasteiger partial charge >= 0.3 is 0 Å². The minimum Gasteiger partial charge on any atom is -0.468 e. The van der Waals surface area contributed by atoms with Gasteiger partial charge in [0.15, 0.2) is 0 Å². The second-order valence-electron chi connectivity index (χ2n) is 3.45. The molecule has 0 N–H and O–H groups in total. The lowest BCUT2D eigenvalue weighted by molar-refractivity contribution is -0.129. The van der Waals surface area contributed by atoms with E-state index >= 15 is 0 Å². The average molecular weight is 172 g/mol. The quantitative estimate of drug-likeness (QED) is 0.552. The third-order valence-corrected chi connectivity index (χ3v) is 2.34. The molecule has 0 aliphatic carbocycles. The minimum absolute atomic E-state index is 0.500. The van der Waals surface area contributed by atoms with Crippen molar-refractivity contribution >= 4 is 6.47 Å². The van der Waals surface area contributed by atoms with E-state index in [2.05, 4.69) is 20.8 Å². The van der Waals surface area contributed by atoms with E-state index in [4.69, 9.17) is 4.74 Å². The highest BCUT2D eigenvalue weighted by atomic mass is 16.5. The van der Waals surface area contributed by atoms with Crippen molar-refractivity contribution in [3.8, 4) is 0 Å². The Morgan fingerprint density at radius 2 is 1.92 bits per heavy atom. The number of ether oxygens (including phenoxy) is 1. The molecule has 0 spiro atoms. The molecule has 0 heterocycles. The van der Waals surface area contributed by atoms with Gasteiger partial charge in [0.25, 0.3) is 6.47 Å². The van der Waals surface area contributed by atoms with Crippen molar-refractivity contribution in [3.05, 3.63) is 0 Å². The normalized spacial score (nSPS) is 13.0. The molecule has 0 radical (unpaired) electrons. The fourth-order valence-corrected chi connectivity index (χ4v) is 1.46. The van der Waals surface area contributed by atoms with Crippen LogP contribution in [0.3, 0.4) is 0 Å². The predicted molar refractivity (Wildman–Crippen MR) is 49.9 cm³/mol. The second kappa shape index (κ2) is 7.14. The number of carbonyl (C=O) groups excluding carboxylic acids is 1. The zero-order valence-electron chi connectivity index (χ0n) is 8.38. The predicted octanol–water partition coefficient (Wildman–Crippen LogP) is 2.62. The summed E-state index contributed by atoms with van der Waals surface area (Å²) < 4.78 is 4.70. The maximum absolute atomic E-state index is 9.91. The van der Waals surface area contributed by atoms with Crippen molar-refractivity contribution in [3.63, 3.8) is 0 Å². The van der Waals surface area contributed by atoms with Crippen molar-refractivity contribution in [2.75, 3.05) is 6.61 Å². The van der Waals surface area contributed by atoms with Crippen LogP contribution in [0.15, 0.2) is 0 Å². The summed E-state index contributed by atoms with van der Waals surface area (Å²) in [4.78, 5) is 9.91. The van der Waals surface area contributed by atoms with Gasteiger partial charge in [-0.3, -0.25) is 4.79 Å². The molecule has 12 heavy (non-hydrogen) atoms. The molecule has 0 saturated carbocycles. The van der Waals surface area contributed by atoms with Crippen LogP contribution in [-0.2, 0) is 9.53 Å². The summed E-state index contributed by atoms with van der Waals surface area (Å²) in [5, 5.41) is 0. The van der Waals surface area contributed by atoms with Gasteiger partial charge in [0.1, 0.15) is 0 Å². The van der Waals surface area contributed by atoms with E-state index in [-0.39, 0.29) is 0 Å². The molecule has 0 saturated heterocycles. The van der Waals surface area contributed by atoms with Crippen LogP contribution in [0.4, 0.5) is 0 Å². The van der Waals surface area contributed by atoms with E-state index in [9.17, 15) is 4.79 Å². The molecule has 1 unspecified atom stereocenters. The fourth-order valence-electron chi connectivity index (χ4n) is 1.46. The van der Waals surface area contributed by atoms with E-state index in [0.29, 0.717) is 19.0 Å². The third kappa shape index (κ3) is 5.16. The van der Waals surface area contributed by atoms with Gasteiger partial charge in [0.2, 0.25) is 0 Å². The maximum Gasteiger partial charge on any atom is 0.293 e. The molecule has 0 aliphatic rings. The Hall–Kier alpha value is -0.530. The van der Waals surface area contributed by atoms with E-state index in [1.807, 2.05) is 0 Å². The summed E-state index contributed by atoms with van der Waals surface area (Å²) >= 11 is 0. The Bertz CT molecular complexity index is 108. The Morgan fingerprint density at radius 3 is 2.33 bits per heavy atom. The summed E-state index contributed by atoms with van der Waals surface area (Å²) in [6.45, 7) is 7.65. The van der Waals surface area contributed by atoms with Gasteiger partial charge in [-0.1, -0.05) is 33.6 Å². The molecule has 1 atom stereocenters. The van der Waals surface area contributed by atoms with Crippen LogP contribution in [-0.4, -0.2) is 13.1 Å². The van der Waals surface area contributed by atoms with Crippen molar-refractivity contribution in [1.29, 1.82) is 0 Å². The summed E-state index contributed by atoms with van der Waals surface area (Å²) in [5.41, 5.74) is 0. The highest BCUT2D eigenvalue weighted by Crippen LogP contribution is 2.18. The summed E-state index contributed by atoms with van der Waals surface area (Å²) in [6.07, 6.45) is 3.62. The molecular formula is C10H20O2. The second-order valence-corrected chi connectivity index (χ2v) is 3.45. The van der Waals surface area contributed by atoms with Gasteiger partial charge in [0, 0.05) is 0 Å². The van der Waals surface area contributed by atoms with Crippen LogP contribution >= 0.6 is 0 Å². The number of hydrogen-bond acceptors (Lipinski definition) is 2. The van der Waals surface area contributed by atoms with Gasteiger partial charge in [-0.05, 0) is 18.3 Å². The lowest BCUT2D eigenvalue weighted by atomic mass is 9.92. The molecule has 0 aromatic rings. The van der Waals surface area contributed by atoms with Gasteiger partial charge in [-0.15, -0.1) is 0 Å². The van der Waals surface area contributed by atoms with Crippen molar-refractivity contribution in [1.82, 2.24) is 0 Å². The number of hydrogen-bond donors (Lipinski definition) is 0. The number of carbonyl (C=O) groups is 1. The van der Waals surface area contributed by atoms with Crippen LogP contribution in [0.1, 0.15) is 40.0 Å². The standard InChI is InChI=1S/C10H20O2/c1-4-10(5-2)6-9(3)7-12-8-11/h8-10H,4-7H2,1-3H3. The molecule has 0 fully saturated rings. The zero-order valence-corrected chi connectivity index (χ0v) is 8.38. The fraction of sp³-hybridized carbons (Fsp3) is 0.900. The Kier molecular flexibility index (Phi) is 6.82. The van der Waals surface area contributed by atoms with Crippen LogP contribution in [0.25, 0.3) is 0 Å². The third-order valence-electron chi connectivity index (χ3n) is 2.34. The van der Waals surface area contributed by atoms with Gasteiger partial charge in [-0.2, -0.15) is 0 Å². The van der Waals surface area contributed by atoms with Gasteiger partial charge in [0.05, 0.1) is 6.61 Å².